The van der Waals surface area contributed by atoms with Crippen molar-refractivity contribution in [2.45, 2.75) is 51.1 Å². The van der Waals surface area contributed by atoms with Crippen LogP contribution in [0.4, 0.5) is 0 Å². The van der Waals surface area contributed by atoms with Crippen molar-refractivity contribution in [3.8, 4) is 0 Å². The van der Waals surface area contributed by atoms with Gasteiger partial charge in [0.2, 0.25) is 5.89 Å². The average Bonchev–Trinajstić information content (AvgIpc) is 3.25. The molecule has 1 saturated carbocycles. The molecule has 1 aliphatic carbocycles. The summed E-state index contributed by atoms with van der Waals surface area (Å²) in [5.74, 6) is 0.937. The van der Waals surface area contributed by atoms with Crippen LogP contribution >= 0.6 is 12.4 Å². The number of nitrogens with one attached hydrogen (secondary N) is 1. The highest BCUT2D eigenvalue weighted by Crippen LogP contribution is 2.35. The second-order valence-corrected chi connectivity index (χ2v) is 6.49. The van der Waals surface area contributed by atoms with Gasteiger partial charge in [-0.2, -0.15) is 4.98 Å². The van der Waals surface area contributed by atoms with Crippen LogP contribution in [0.2, 0.25) is 0 Å². The summed E-state index contributed by atoms with van der Waals surface area (Å²) in [6.45, 7) is 3.95. The first-order valence-electron chi connectivity index (χ1n) is 7.97. The van der Waals surface area contributed by atoms with Gasteiger partial charge in [0, 0.05) is 0 Å². The van der Waals surface area contributed by atoms with E-state index in [-0.39, 0.29) is 36.0 Å². The third kappa shape index (κ3) is 3.62. The van der Waals surface area contributed by atoms with Gasteiger partial charge >= 0.3 is 0 Å². The number of nitrogens with two attached hydrogens (primary N) is 1. The zero-order valence-electron chi connectivity index (χ0n) is 13.8. The summed E-state index contributed by atoms with van der Waals surface area (Å²) < 4.78 is 10.5. The zero-order valence-corrected chi connectivity index (χ0v) is 14.6. The summed E-state index contributed by atoms with van der Waals surface area (Å²) in [7, 11) is 0. The van der Waals surface area contributed by atoms with E-state index in [0.717, 1.165) is 25.7 Å². The van der Waals surface area contributed by atoms with Crippen LogP contribution in [0, 0.1) is 5.92 Å². The van der Waals surface area contributed by atoms with Gasteiger partial charge in [0.05, 0.1) is 11.8 Å². The molecule has 8 heteroatoms. The molecule has 2 heterocycles. The molecule has 24 heavy (non-hydrogen) atoms. The molecule has 0 radical (unpaired) electrons. The summed E-state index contributed by atoms with van der Waals surface area (Å²) in [5, 5.41) is 6.94. The fourth-order valence-corrected chi connectivity index (χ4v) is 2.93. The van der Waals surface area contributed by atoms with E-state index < -0.39 is 5.54 Å². The fourth-order valence-electron chi connectivity index (χ4n) is 2.93. The van der Waals surface area contributed by atoms with Gasteiger partial charge in [0.25, 0.3) is 5.91 Å². The van der Waals surface area contributed by atoms with Crippen LogP contribution in [0.25, 0.3) is 0 Å². The van der Waals surface area contributed by atoms with Gasteiger partial charge < -0.3 is 20.0 Å². The first-order valence-corrected chi connectivity index (χ1v) is 7.97. The van der Waals surface area contributed by atoms with Crippen LogP contribution in [-0.4, -0.2) is 16.0 Å². The van der Waals surface area contributed by atoms with Crippen molar-refractivity contribution in [2.75, 3.05) is 0 Å². The highest BCUT2D eigenvalue weighted by molar-refractivity contribution is 5.91. The van der Waals surface area contributed by atoms with Crippen molar-refractivity contribution in [2.24, 2.45) is 11.7 Å². The van der Waals surface area contributed by atoms with Gasteiger partial charge in [-0.05, 0) is 30.9 Å². The van der Waals surface area contributed by atoms with Crippen molar-refractivity contribution in [3.05, 3.63) is 35.9 Å². The number of carbonyl (C=O) groups excluding carboxylic acids is 1. The molecule has 3 N–H and O–H groups in total. The lowest BCUT2D eigenvalue weighted by molar-refractivity contribution is 0.0885. The summed E-state index contributed by atoms with van der Waals surface area (Å²) >= 11 is 0. The maximum absolute atomic E-state index is 12.2. The number of halogens is 1. The number of hydrogen-bond acceptors (Lipinski definition) is 6. The van der Waals surface area contributed by atoms with E-state index in [1.165, 1.54) is 6.26 Å². The first kappa shape index (κ1) is 18.5. The number of carbonyl (C=O) groups is 1. The molecule has 1 fully saturated rings. The van der Waals surface area contributed by atoms with Crippen LogP contribution < -0.4 is 11.1 Å². The van der Waals surface area contributed by atoms with Gasteiger partial charge in [0.1, 0.15) is 6.04 Å². The van der Waals surface area contributed by atoms with E-state index in [4.69, 9.17) is 14.7 Å². The Kier molecular flexibility index (Phi) is 5.66. The minimum atomic E-state index is -0.506. The summed E-state index contributed by atoms with van der Waals surface area (Å²) in [6.07, 6.45) is 5.32. The molecular formula is C16H23ClN4O3. The van der Waals surface area contributed by atoms with E-state index in [9.17, 15) is 4.79 Å². The Labute approximate surface area is 146 Å². The summed E-state index contributed by atoms with van der Waals surface area (Å²) in [4.78, 5) is 16.7. The molecule has 1 unspecified atom stereocenters. The number of furan rings is 1. The van der Waals surface area contributed by atoms with E-state index in [1.54, 1.807) is 12.1 Å². The Bertz CT molecular complexity index is 663. The largest absolute Gasteiger partial charge is 0.459 e. The van der Waals surface area contributed by atoms with Crippen LogP contribution in [-0.2, 0) is 5.54 Å². The number of amides is 1. The number of rotatable bonds is 5. The Morgan fingerprint density at radius 3 is 2.67 bits per heavy atom. The number of nitrogens with zero attached hydrogens (tertiary/aromatic N) is 2. The summed E-state index contributed by atoms with van der Waals surface area (Å²) in [5.41, 5.74) is 5.86. The highest BCUT2D eigenvalue weighted by Gasteiger charge is 2.37. The van der Waals surface area contributed by atoms with Gasteiger partial charge in [-0.25, -0.2) is 0 Å². The summed E-state index contributed by atoms with van der Waals surface area (Å²) in [6, 6.07) is 2.89. The topological polar surface area (TPSA) is 107 Å². The molecule has 0 bridgehead atoms. The quantitative estimate of drug-likeness (QED) is 0.854. The molecule has 3 rings (SSSR count). The van der Waals surface area contributed by atoms with E-state index in [0.29, 0.717) is 11.7 Å². The molecule has 2 aromatic heterocycles. The van der Waals surface area contributed by atoms with Gasteiger partial charge in [0.15, 0.2) is 11.6 Å². The Morgan fingerprint density at radius 1 is 1.38 bits per heavy atom. The van der Waals surface area contributed by atoms with Crippen molar-refractivity contribution >= 4 is 18.3 Å². The first-order chi connectivity index (χ1) is 11.0. The number of hydrogen-bond donors (Lipinski definition) is 2. The Hall–Kier alpha value is -1.86. The van der Waals surface area contributed by atoms with Gasteiger partial charge in [-0.1, -0.05) is 31.8 Å². The lowest BCUT2D eigenvalue weighted by Gasteiger charge is -2.19. The molecule has 7 nitrogen and oxygen atoms in total. The van der Waals surface area contributed by atoms with Crippen LogP contribution in [0.5, 0.6) is 0 Å². The molecule has 1 atom stereocenters. The molecule has 0 aromatic carbocycles. The van der Waals surface area contributed by atoms with Crippen molar-refractivity contribution in [1.29, 1.82) is 0 Å². The maximum Gasteiger partial charge on any atom is 0.287 e. The molecule has 1 aliphatic rings. The average molecular weight is 355 g/mol. The van der Waals surface area contributed by atoms with Crippen molar-refractivity contribution < 1.29 is 13.7 Å². The van der Waals surface area contributed by atoms with Crippen LogP contribution in [0.3, 0.4) is 0 Å². The van der Waals surface area contributed by atoms with Crippen molar-refractivity contribution in [1.82, 2.24) is 15.5 Å². The lowest BCUT2D eigenvalue weighted by Crippen LogP contribution is -2.35. The minimum Gasteiger partial charge on any atom is -0.459 e. The standard InChI is InChI=1S/C16H22N4O3.ClH/c1-10(2)12(18-13(21)11-6-5-9-22-11)14-19-15(20-23-14)16(17)7-3-4-8-16;/h5-6,9-10,12H,3-4,7-8,17H2,1-2H3,(H,18,21);1H. The monoisotopic (exact) mass is 354 g/mol. The second-order valence-electron chi connectivity index (χ2n) is 6.49. The third-order valence-electron chi connectivity index (χ3n) is 4.35. The molecule has 1 amide bonds. The van der Waals surface area contributed by atoms with Gasteiger partial charge in [-0.3, -0.25) is 4.79 Å². The zero-order chi connectivity index (χ0) is 16.4. The molecule has 132 valence electrons. The predicted octanol–water partition coefficient (Wildman–Crippen LogP) is 2.94. The van der Waals surface area contributed by atoms with E-state index >= 15 is 0 Å². The number of aromatic nitrogens is 2. The molecule has 0 spiro atoms. The second kappa shape index (κ2) is 7.36. The molecule has 2 aromatic rings. The third-order valence-corrected chi connectivity index (χ3v) is 4.35. The van der Waals surface area contributed by atoms with Crippen LogP contribution in [0.15, 0.2) is 27.3 Å². The molecular weight excluding hydrogens is 332 g/mol. The normalized spacial score (nSPS) is 17.5. The lowest BCUT2D eigenvalue weighted by atomic mass is 9.98. The molecule has 0 aliphatic heterocycles. The van der Waals surface area contributed by atoms with Gasteiger partial charge in [-0.15, -0.1) is 12.4 Å². The van der Waals surface area contributed by atoms with Crippen molar-refractivity contribution in [3.63, 3.8) is 0 Å². The Balaban J connectivity index is 0.00000208. The predicted molar refractivity (Wildman–Crippen MR) is 89.6 cm³/mol. The molecule has 0 saturated heterocycles. The SMILES string of the molecule is CC(C)C(NC(=O)c1ccco1)c1nc(C2(N)CCCC2)no1.Cl. The highest BCUT2D eigenvalue weighted by atomic mass is 35.5. The maximum atomic E-state index is 12.2. The fraction of sp³-hybridized carbons (Fsp3) is 0.562. The van der Waals surface area contributed by atoms with Crippen LogP contribution in [0.1, 0.15) is 67.8 Å². The Morgan fingerprint density at radius 2 is 2.08 bits per heavy atom. The minimum absolute atomic E-state index is 0. The van der Waals surface area contributed by atoms with E-state index in [1.807, 2.05) is 13.8 Å². The smallest absolute Gasteiger partial charge is 0.287 e. The van der Waals surface area contributed by atoms with E-state index in [2.05, 4.69) is 15.5 Å².